The Kier molecular flexibility index (Phi) is 4.52. The van der Waals surface area contributed by atoms with Gasteiger partial charge in [-0.25, -0.2) is 9.97 Å². The summed E-state index contributed by atoms with van der Waals surface area (Å²) < 4.78 is 0. The highest BCUT2D eigenvalue weighted by Gasteiger charge is 2.12. The van der Waals surface area contributed by atoms with E-state index in [1.165, 1.54) is 25.7 Å². The highest BCUT2D eigenvalue weighted by Crippen LogP contribution is 2.19. The van der Waals surface area contributed by atoms with Crippen LogP contribution in [0.5, 0.6) is 0 Å². The summed E-state index contributed by atoms with van der Waals surface area (Å²) >= 11 is 5.56. The number of likely N-dealkylation sites (tertiary alicyclic amines) is 1. The van der Waals surface area contributed by atoms with Crippen LogP contribution in [0, 0.1) is 13.8 Å². The molecule has 5 heteroatoms. The molecule has 0 saturated carbocycles. The SMILES string of the molecule is Cc1nc2ccc(NC(=S)N3CCCCCC3)cc2nc1C. The number of nitrogens with one attached hydrogen (secondary N) is 1. The minimum absolute atomic E-state index is 0.818. The first-order chi connectivity index (χ1) is 10.6. The van der Waals surface area contributed by atoms with Crippen molar-refractivity contribution in [2.24, 2.45) is 0 Å². The van der Waals surface area contributed by atoms with Gasteiger partial charge in [0.05, 0.1) is 22.4 Å². The minimum Gasteiger partial charge on any atom is -0.349 e. The molecule has 1 N–H and O–H groups in total. The number of anilines is 1. The molecule has 4 nitrogen and oxygen atoms in total. The molecule has 0 bridgehead atoms. The zero-order valence-corrected chi connectivity index (χ0v) is 14.0. The van der Waals surface area contributed by atoms with E-state index in [-0.39, 0.29) is 0 Å². The molecule has 3 rings (SSSR count). The van der Waals surface area contributed by atoms with Crippen molar-refractivity contribution in [2.75, 3.05) is 18.4 Å². The molecule has 1 fully saturated rings. The Labute approximate surface area is 136 Å². The summed E-state index contributed by atoms with van der Waals surface area (Å²) in [7, 11) is 0. The van der Waals surface area contributed by atoms with Gasteiger partial charge in [0.25, 0.3) is 0 Å². The maximum absolute atomic E-state index is 5.56. The zero-order chi connectivity index (χ0) is 15.5. The molecule has 22 heavy (non-hydrogen) atoms. The van der Waals surface area contributed by atoms with Gasteiger partial charge in [-0.1, -0.05) is 12.8 Å². The molecule has 0 unspecified atom stereocenters. The van der Waals surface area contributed by atoms with Gasteiger partial charge >= 0.3 is 0 Å². The Morgan fingerprint density at radius 3 is 2.32 bits per heavy atom. The lowest BCUT2D eigenvalue weighted by Gasteiger charge is -2.24. The lowest BCUT2D eigenvalue weighted by atomic mass is 10.2. The van der Waals surface area contributed by atoms with E-state index in [0.717, 1.165) is 46.3 Å². The zero-order valence-electron chi connectivity index (χ0n) is 13.2. The summed E-state index contributed by atoms with van der Waals surface area (Å²) in [5.74, 6) is 0. The molecule has 2 heterocycles. The lowest BCUT2D eigenvalue weighted by molar-refractivity contribution is 0.441. The Bertz CT molecular complexity index is 690. The van der Waals surface area contributed by atoms with Gasteiger partial charge in [-0.05, 0) is 57.1 Å². The number of rotatable bonds is 1. The quantitative estimate of drug-likeness (QED) is 0.810. The van der Waals surface area contributed by atoms with E-state index in [2.05, 4.69) is 20.2 Å². The number of fused-ring (bicyclic) bond motifs is 1. The predicted octanol–water partition coefficient (Wildman–Crippen LogP) is 3.82. The predicted molar refractivity (Wildman–Crippen MR) is 95.3 cm³/mol. The summed E-state index contributed by atoms with van der Waals surface area (Å²) in [5.41, 5.74) is 4.77. The van der Waals surface area contributed by atoms with Crippen LogP contribution < -0.4 is 5.32 Å². The van der Waals surface area contributed by atoms with Crippen LogP contribution in [0.3, 0.4) is 0 Å². The summed E-state index contributed by atoms with van der Waals surface area (Å²) in [4.78, 5) is 11.5. The molecule has 1 aliphatic rings. The fourth-order valence-corrected chi connectivity index (χ4v) is 3.09. The molecule has 0 radical (unpaired) electrons. The van der Waals surface area contributed by atoms with Gasteiger partial charge in [-0.2, -0.15) is 0 Å². The second kappa shape index (κ2) is 6.57. The molecule has 2 aromatic rings. The third kappa shape index (κ3) is 3.35. The number of aromatic nitrogens is 2. The third-order valence-corrected chi connectivity index (χ3v) is 4.58. The number of nitrogens with zero attached hydrogens (tertiary/aromatic N) is 3. The molecule has 1 aromatic heterocycles. The molecule has 1 saturated heterocycles. The molecule has 116 valence electrons. The van der Waals surface area contributed by atoms with E-state index in [4.69, 9.17) is 12.2 Å². The van der Waals surface area contributed by atoms with Crippen molar-refractivity contribution >= 4 is 34.1 Å². The van der Waals surface area contributed by atoms with Gasteiger partial charge < -0.3 is 10.2 Å². The van der Waals surface area contributed by atoms with Crippen LogP contribution in [0.15, 0.2) is 18.2 Å². The number of benzene rings is 1. The summed E-state index contributed by atoms with van der Waals surface area (Å²) in [6, 6.07) is 6.05. The van der Waals surface area contributed by atoms with Crippen LogP contribution in [-0.4, -0.2) is 33.1 Å². The fraction of sp³-hybridized carbons (Fsp3) is 0.471. The summed E-state index contributed by atoms with van der Waals surface area (Å²) in [5, 5.41) is 4.17. The van der Waals surface area contributed by atoms with E-state index >= 15 is 0 Å². The van der Waals surface area contributed by atoms with Crippen molar-refractivity contribution in [2.45, 2.75) is 39.5 Å². The van der Waals surface area contributed by atoms with Gasteiger partial charge in [-0.15, -0.1) is 0 Å². The van der Waals surface area contributed by atoms with Crippen molar-refractivity contribution in [1.82, 2.24) is 14.9 Å². The summed E-state index contributed by atoms with van der Waals surface area (Å²) in [6.45, 7) is 6.08. The molecule has 1 aromatic carbocycles. The summed E-state index contributed by atoms with van der Waals surface area (Å²) in [6.07, 6.45) is 5.07. The molecule has 0 amide bonds. The number of aryl methyl sites for hydroxylation is 2. The Hall–Kier alpha value is -1.75. The maximum Gasteiger partial charge on any atom is 0.173 e. The number of thiocarbonyl (C=S) groups is 1. The van der Waals surface area contributed by atoms with Crippen LogP contribution >= 0.6 is 12.2 Å². The normalized spacial score (nSPS) is 15.6. The van der Waals surface area contributed by atoms with Crippen LogP contribution in [0.1, 0.15) is 37.1 Å². The first kappa shape index (κ1) is 15.2. The second-order valence-electron chi connectivity index (χ2n) is 5.93. The van der Waals surface area contributed by atoms with Crippen molar-refractivity contribution in [3.8, 4) is 0 Å². The van der Waals surface area contributed by atoms with Gasteiger partial charge in [-0.3, -0.25) is 0 Å². The van der Waals surface area contributed by atoms with Gasteiger partial charge in [0.2, 0.25) is 0 Å². The standard InChI is InChI=1S/C17H22N4S/c1-12-13(2)19-16-11-14(7-8-15(16)18-12)20-17(22)21-9-5-3-4-6-10-21/h7-8,11H,3-6,9-10H2,1-2H3,(H,20,22). The van der Waals surface area contributed by atoms with Gasteiger partial charge in [0, 0.05) is 18.8 Å². The van der Waals surface area contributed by atoms with Gasteiger partial charge in [0.1, 0.15) is 0 Å². The number of hydrogen-bond acceptors (Lipinski definition) is 3. The highest BCUT2D eigenvalue weighted by molar-refractivity contribution is 7.80. The third-order valence-electron chi connectivity index (χ3n) is 4.22. The Morgan fingerprint density at radius 2 is 1.64 bits per heavy atom. The van der Waals surface area contributed by atoms with Crippen molar-refractivity contribution < 1.29 is 0 Å². The minimum atomic E-state index is 0.818. The lowest BCUT2D eigenvalue weighted by Crippen LogP contribution is -2.35. The first-order valence-corrected chi connectivity index (χ1v) is 8.35. The highest BCUT2D eigenvalue weighted by atomic mass is 32.1. The Morgan fingerprint density at radius 1 is 1.00 bits per heavy atom. The monoisotopic (exact) mass is 314 g/mol. The average Bonchev–Trinajstić information content (AvgIpc) is 2.78. The largest absolute Gasteiger partial charge is 0.349 e. The number of hydrogen-bond donors (Lipinski definition) is 1. The molecular weight excluding hydrogens is 292 g/mol. The second-order valence-corrected chi connectivity index (χ2v) is 6.32. The van der Waals surface area contributed by atoms with Crippen LogP contribution in [0.2, 0.25) is 0 Å². The van der Waals surface area contributed by atoms with Crippen LogP contribution in [-0.2, 0) is 0 Å². The van der Waals surface area contributed by atoms with Crippen molar-refractivity contribution in [3.63, 3.8) is 0 Å². The molecule has 0 aliphatic carbocycles. The van der Waals surface area contributed by atoms with Crippen LogP contribution in [0.4, 0.5) is 5.69 Å². The van der Waals surface area contributed by atoms with E-state index < -0.39 is 0 Å². The van der Waals surface area contributed by atoms with Crippen molar-refractivity contribution in [1.29, 1.82) is 0 Å². The van der Waals surface area contributed by atoms with E-state index in [9.17, 15) is 0 Å². The van der Waals surface area contributed by atoms with E-state index in [1.54, 1.807) is 0 Å². The van der Waals surface area contributed by atoms with E-state index in [0.29, 0.717) is 0 Å². The molecule has 0 atom stereocenters. The molecule has 1 aliphatic heterocycles. The molecular formula is C17H22N4S. The average molecular weight is 314 g/mol. The maximum atomic E-state index is 5.56. The fourth-order valence-electron chi connectivity index (χ4n) is 2.78. The Balaban J connectivity index is 1.78. The van der Waals surface area contributed by atoms with Gasteiger partial charge in [0.15, 0.2) is 5.11 Å². The van der Waals surface area contributed by atoms with Crippen molar-refractivity contribution in [3.05, 3.63) is 29.6 Å². The molecule has 0 spiro atoms. The van der Waals surface area contributed by atoms with Crippen LogP contribution in [0.25, 0.3) is 11.0 Å². The smallest absolute Gasteiger partial charge is 0.173 e. The topological polar surface area (TPSA) is 41.1 Å². The first-order valence-electron chi connectivity index (χ1n) is 7.94. The van der Waals surface area contributed by atoms with E-state index in [1.807, 2.05) is 32.0 Å².